The molecular weight excluding hydrogens is 326 g/mol. The molecular formula is C22H32NO3. The van der Waals surface area contributed by atoms with Crippen LogP contribution >= 0.6 is 0 Å². The maximum atomic E-state index is 10.9. The van der Waals surface area contributed by atoms with Crippen LogP contribution in [-0.2, 0) is 4.79 Å². The lowest BCUT2D eigenvalue weighted by atomic mass is 10.1. The van der Waals surface area contributed by atoms with E-state index in [1.165, 1.54) is 0 Å². The van der Waals surface area contributed by atoms with Crippen LogP contribution in [0.5, 0.6) is 0 Å². The summed E-state index contributed by atoms with van der Waals surface area (Å²) in [6.45, 7) is 2.09. The van der Waals surface area contributed by atoms with Gasteiger partial charge in [0.1, 0.15) is 0 Å². The Morgan fingerprint density at radius 2 is 1.42 bits per heavy atom. The predicted molar refractivity (Wildman–Crippen MR) is 109 cm³/mol. The minimum atomic E-state index is -0.258. The van der Waals surface area contributed by atoms with Crippen molar-refractivity contribution >= 4 is 6.29 Å². The zero-order chi connectivity index (χ0) is 19.3. The van der Waals surface area contributed by atoms with Gasteiger partial charge in [-0.15, -0.1) is 0 Å². The summed E-state index contributed by atoms with van der Waals surface area (Å²) in [5.41, 5.74) is 0.335. The Bertz CT molecular complexity index is 513. The second-order valence-electron chi connectivity index (χ2n) is 5.92. The third-order valence-electron chi connectivity index (χ3n) is 3.66. The topological polar surface area (TPSA) is 60.2 Å². The predicted octanol–water partition coefficient (Wildman–Crippen LogP) is 6.40. The highest BCUT2D eigenvalue weighted by Gasteiger charge is 2.08. The van der Waals surface area contributed by atoms with Crippen LogP contribution in [0.25, 0.3) is 0 Å². The van der Waals surface area contributed by atoms with E-state index in [-0.39, 0.29) is 4.92 Å². The van der Waals surface area contributed by atoms with Crippen molar-refractivity contribution in [1.29, 1.82) is 0 Å². The lowest BCUT2D eigenvalue weighted by Crippen LogP contribution is -1.98. The van der Waals surface area contributed by atoms with Gasteiger partial charge in [0, 0.05) is 12.8 Å². The molecule has 0 saturated heterocycles. The van der Waals surface area contributed by atoms with Gasteiger partial charge in [-0.2, -0.15) is 0 Å². The molecule has 0 atom stereocenters. The van der Waals surface area contributed by atoms with Gasteiger partial charge in [0.05, 0.1) is 4.92 Å². The van der Waals surface area contributed by atoms with Crippen molar-refractivity contribution < 1.29 is 9.72 Å². The van der Waals surface area contributed by atoms with Crippen LogP contribution in [-0.4, -0.2) is 11.2 Å². The van der Waals surface area contributed by atoms with Crippen molar-refractivity contribution in [3.8, 4) is 0 Å². The Morgan fingerprint density at radius 3 is 1.92 bits per heavy atom. The molecule has 0 saturated carbocycles. The van der Waals surface area contributed by atoms with Crippen LogP contribution < -0.4 is 0 Å². The summed E-state index contributed by atoms with van der Waals surface area (Å²) in [4.78, 5) is 20.7. The molecule has 0 aromatic carbocycles. The lowest BCUT2D eigenvalue weighted by molar-refractivity contribution is -0.428. The van der Waals surface area contributed by atoms with Gasteiger partial charge in [-0.25, -0.2) is 0 Å². The molecule has 1 radical (unpaired) electrons. The normalized spacial score (nSPS) is 12.9. The van der Waals surface area contributed by atoms with E-state index in [0.717, 1.165) is 44.9 Å². The highest BCUT2D eigenvalue weighted by atomic mass is 16.6. The zero-order valence-corrected chi connectivity index (χ0v) is 15.9. The summed E-state index contributed by atoms with van der Waals surface area (Å²) in [5.74, 6) is 0. The third kappa shape index (κ3) is 16.6. The van der Waals surface area contributed by atoms with Crippen molar-refractivity contribution in [2.24, 2.45) is 0 Å². The molecule has 0 amide bonds. The van der Waals surface area contributed by atoms with Crippen molar-refractivity contribution in [2.75, 3.05) is 0 Å². The molecule has 4 heteroatoms. The Balaban J connectivity index is 3.85. The van der Waals surface area contributed by atoms with Gasteiger partial charge in [0.2, 0.25) is 5.70 Å². The van der Waals surface area contributed by atoms with Gasteiger partial charge in [0.15, 0.2) is 6.29 Å². The first-order chi connectivity index (χ1) is 12.7. The average Bonchev–Trinajstić information content (AvgIpc) is 2.63. The van der Waals surface area contributed by atoms with Crippen LogP contribution in [0.15, 0.2) is 60.4 Å². The Morgan fingerprint density at radius 1 is 0.885 bits per heavy atom. The van der Waals surface area contributed by atoms with Crippen molar-refractivity contribution in [2.45, 2.75) is 71.1 Å². The molecule has 143 valence electrons. The van der Waals surface area contributed by atoms with E-state index in [4.69, 9.17) is 0 Å². The second-order valence-corrected chi connectivity index (χ2v) is 5.92. The van der Waals surface area contributed by atoms with Gasteiger partial charge in [-0.1, -0.05) is 68.4 Å². The van der Waals surface area contributed by atoms with Crippen molar-refractivity contribution in [3.63, 3.8) is 0 Å². The minimum Gasteiger partial charge on any atom is -0.291 e. The number of hydrogen-bond donors (Lipinski definition) is 0. The van der Waals surface area contributed by atoms with E-state index in [1.54, 1.807) is 6.08 Å². The van der Waals surface area contributed by atoms with E-state index >= 15 is 0 Å². The maximum absolute atomic E-state index is 10.9. The van der Waals surface area contributed by atoms with Crippen LogP contribution in [0.1, 0.15) is 71.1 Å². The van der Waals surface area contributed by atoms with E-state index in [1.807, 2.05) is 24.5 Å². The quantitative estimate of drug-likeness (QED) is 0.139. The van der Waals surface area contributed by atoms with Crippen molar-refractivity contribution in [3.05, 3.63) is 70.5 Å². The molecule has 0 N–H and O–H groups in total. The summed E-state index contributed by atoms with van der Waals surface area (Å²) in [6.07, 6.45) is 28.1. The SMILES string of the molecule is CCCCC/C(=C/C/C=C/C/C=C/C/C=C/C/C=C/CC[C]=O)[N+](=O)[O-]. The monoisotopic (exact) mass is 358 g/mol. The number of rotatable bonds is 16. The first-order valence-corrected chi connectivity index (χ1v) is 9.50. The number of unbranched alkanes of at least 4 members (excludes halogenated alkanes) is 3. The molecule has 0 bridgehead atoms. The molecule has 0 aliphatic heterocycles. The number of allylic oxidation sites excluding steroid dienone is 10. The summed E-state index contributed by atoms with van der Waals surface area (Å²) in [7, 11) is 0. The highest BCUT2D eigenvalue weighted by molar-refractivity contribution is 5.50. The van der Waals surface area contributed by atoms with Crippen LogP contribution in [0.2, 0.25) is 0 Å². The fourth-order valence-electron chi connectivity index (χ4n) is 2.20. The first-order valence-electron chi connectivity index (χ1n) is 9.50. The third-order valence-corrected chi connectivity index (χ3v) is 3.66. The zero-order valence-electron chi connectivity index (χ0n) is 15.9. The van der Waals surface area contributed by atoms with Crippen LogP contribution in [0.3, 0.4) is 0 Å². The summed E-state index contributed by atoms with van der Waals surface area (Å²) in [5, 5.41) is 10.9. The average molecular weight is 359 g/mol. The molecule has 0 unspecified atom stereocenters. The summed E-state index contributed by atoms with van der Waals surface area (Å²) < 4.78 is 0. The van der Waals surface area contributed by atoms with E-state index < -0.39 is 0 Å². The second kappa shape index (κ2) is 19.1. The van der Waals surface area contributed by atoms with Gasteiger partial charge in [-0.05, 0) is 44.6 Å². The summed E-state index contributed by atoms with van der Waals surface area (Å²) >= 11 is 0. The molecule has 26 heavy (non-hydrogen) atoms. The largest absolute Gasteiger partial charge is 0.291 e. The molecule has 0 aliphatic carbocycles. The van der Waals surface area contributed by atoms with Gasteiger partial charge >= 0.3 is 0 Å². The van der Waals surface area contributed by atoms with Crippen LogP contribution in [0, 0.1) is 10.1 Å². The lowest BCUT2D eigenvalue weighted by Gasteiger charge is -1.97. The van der Waals surface area contributed by atoms with E-state index in [2.05, 4.69) is 37.3 Å². The Labute approximate surface area is 158 Å². The number of nitro groups is 1. The standard InChI is InChI=1S/C22H32NO3/c1-2-3-16-19-22(23(25)26)20-17-14-12-10-8-6-4-5-7-9-11-13-15-18-21-24/h5-8,11-14,20H,2-4,9-10,15-19H2,1H3/b7-5+,8-6+,13-11+,14-12+,22-20-. The first kappa shape index (κ1) is 23.8. The van der Waals surface area contributed by atoms with Crippen molar-refractivity contribution in [1.82, 2.24) is 0 Å². The molecule has 0 aromatic rings. The maximum Gasteiger partial charge on any atom is 0.242 e. The molecule has 4 nitrogen and oxygen atoms in total. The number of nitrogens with zero attached hydrogens (tertiary/aromatic N) is 1. The fraction of sp³-hybridized carbons (Fsp3) is 0.500. The highest BCUT2D eigenvalue weighted by Crippen LogP contribution is 2.10. The number of carbonyl (C=O) groups excluding carboxylic acids is 1. The molecule has 0 aromatic heterocycles. The van der Waals surface area contributed by atoms with Crippen LogP contribution in [0.4, 0.5) is 0 Å². The molecule has 0 rings (SSSR count). The summed E-state index contributed by atoms with van der Waals surface area (Å²) in [6, 6.07) is 0. The van der Waals surface area contributed by atoms with E-state index in [0.29, 0.717) is 25.0 Å². The van der Waals surface area contributed by atoms with E-state index in [9.17, 15) is 14.9 Å². The van der Waals surface area contributed by atoms with Gasteiger partial charge in [-0.3, -0.25) is 14.9 Å². The fourth-order valence-corrected chi connectivity index (χ4v) is 2.20. The minimum absolute atomic E-state index is 0.258. The number of hydrogen-bond acceptors (Lipinski definition) is 3. The Kier molecular flexibility index (Phi) is 17.5. The van der Waals surface area contributed by atoms with Gasteiger partial charge < -0.3 is 0 Å². The molecule has 0 spiro atoms. The molecule has 0 heterocycles. The Hall–Kier alpha value is -2.23. The smallest absolute Gasteiger partial charge is 0.242 e. The van der Waals surface area contributed by atoms with Gasteiger partial charge in [0.25, 0.3) is 0 Å². The molecule has 0 fully saturated rings. The molecule has 0 aliphatic rings.